The Morgan fingerprint density at radius 2 is 1.57 bits per heavy atom. The van der Waals surface area contributed by atoms with E-state index in [1.165, 1.54) is 27.7 Å². The van der Waals surface area contributed by atoms with Crippen molar-refractivity contribution in [3.05, 3.63) is 78.0 Å². The van der Waals surface area contributed by atoms with Crippen LogP contribution in [-0.4, -0.2) is 0 Å². The van der Waals surface area contributed by atoms with Gasteiger partial charge in [0, 0.05) is 30.0 Å². The molecule has 2 atom stereocenters. The molecule has 0 spiro atoms. The number of benzene rings is 2. The maximum Gasteiger partial charge on any atom is 0.213 e. The summed E-state index contributed by atoms with van der Waals surface area (Å²) < 4.78 is 2.50. The molecule has 0 fully saturated rings. The maximum atomic E-state index is 2.50. The second kappa shape index (κ2) is 5.66. The Hall–Kier alpha value is -2.41. The number of fused-ring (bicyclic) bond motifs is 3. The van der Waals surface area contributed by atoms with Gasteiger partial charge in [0.15, 0.2) is 6.04 Å². The van der Waals surface area contributed by atoms with Crippen LogP contribution >= 0.6 is 0 Å². The summed E-state index contributed by atoms with van der Waals surface area (Å²) in [6, 6.07) is 24.5. The SMILES string of the molecule is CC1CC(C)[n+]2c(ccc3ccccc32)C=C1c1ccccc1. The van der Waals surface area contributed by atoms with E-state index in [1.807, 2.05) is 0 Å². The predicted octanol–water partition coefficient (Wildman–Crippen LogP) is 5.27. The molecule has 0 saturated carbocycles. The topological polar surface area (TPSA) is 3.88 Å². The number of allylic oxidation sites excluding steroid dienone is 1. The Morgan fingerprint density at radius 3 is 2.39 bits per heavy atom. The predicted molar refractivity (Wildman–Crippen MR) is 96.9 cm³/mol. The molecule has 0 amide bonds. The quantitative estimate of drug-likeness (QED) is 0.539. The molecule has 1 aliphatic heterocycles. The number of pyridine rings is 1. The van der Waals surface area contributed by atoms with Crippen LogP contribution in [0.4, 0.5) is 0 Å². The van der Waals surface area contributed by atoms with Gasteiger partial charge in [-0.3, -0.25) is 0 Å². The van der Waals surface area contributed by atoms with Crippen LogP contribution in [0.5, 0.6) is 0 Å². The first kappa shape index (κ1) is 14.2. The molecule has 2 heterocycles. The lowest BCUT2D eigenvalue weighted by Gasteiger charge is -2.15. The Morgan fingerprint density at radius 1 is 0.826 bits per heavy atom. The molecular formula is C22H22N+. The van der Waals surface area contributed by atoms with E-state index in [0.717, 1.165) is 6.42 Å². The van der Waals surface area contributed by atoms with Gasteiger partial charge >= 0.3 is 0 Å². The molecule has 1 aromatic heterocycles. The molecule has 0 N–H and O–H groups in total. The smallest absolute Gasteiger partial charge is 0.189 e. The van der Waals surface area contributed by atoms with Gasteiger partial charge in [0.25, 0.3) is 0 Å². The lowest BCUT2D eigenvalue weighted by molar-refractivity contribution is -0.697. The molecule has 4 rings (SSSR count). The minimum absolute atomic E-state index is 0.489. The van der Waals surface area contributed by atoms with Gasteiger partial charge < -0.3 is 0 Å². The molecule has 0 radical (unpaired) electrons. The Balaban J connectivity index is 1.96. The molecule has 2 unspecified atom stereocenters. The second-order valence-electron chi connectivity index (χ2n) is 6.64. The van der Waals surface area contributed by atoms with Crippen molar-refractivity contribution >= 4 is 22.6 Å². The zero-order chi connectivity index (χ0) is 15.8. The fourth-order valence-electron chi connectivity index (χ4n) is 3.90. The van der Waals surface area contributed by atoms with Crippen molar-refractivity contribution in [2.45, 2.75) is 26.3 Å². The molecule has 114 valence electrons. The van der Waals surface area contributed by atoms with Gasteiger partial charge in [0.1, 0.15) is 0 Å². The van der Waals surface area contributed by atoms with E-state index in [4.69, 9.17) is 0 Å². The van der Waals surface area contributed by atoms with Crippen molar-refractivity contribution in [1.29, 1.82) is 0 Å². The van der Waals surface area contributed by atoms with E-state index in [2.05, 4.69) is 91.2 Å². The minimum Gasteiger partial charge on any atom is -0.189 e. The number of rotatable bonds is 1. The van der Waals surface area contributed by atoms with Crippen LogP contribution in [0, 0.1) is 5.92 Å². The van der Waals surface area contributed by atoms with Crippen molar-refractivity contribution < 1.29 is 4.57 Å². The fraction of sp³-hybridized carbons (Fsp3) is 0.227. The largest absolute Gasteiger partial charge is 0.213 e. The van der Waals surface area contributed by atoms with Gasteiger partial charge in [0.05, 0.1) is 0 Å². The van der Waals surface area contributed by atoms with Crippen LogP contribution in [0.25, 0.3) is 22.6 Å². The average Bonchev–Trinajstić information content (AvgIpc) is 2.72. The zero-order valence-electron chi connectivity index (χ0n) is 13.7. The van der Waals surface area contributed by atoms with Gasteiger partial charge in [-0.05, 0) is 36.1 Å². The van der Waals surface area contributed by atoms with E-state index < -0.39 is 0 Å². The van der Waals surface area contributed by atoms with E-state index in [0.29, 0.717) is 12.0 Å². The molecule has 3 aromatic rings. The van der Waals surface area contributed by atoms with Crippen LogP contribution in [0.2, 0.25) is 0 Å². The molecular weight excluding hydrogens is 278 g/mol. The van der Waals surface area contributed by atoms with E-state index in [-0.39, 0.29) is 0 Å². The van der Waals surface area contributed by atoms with Crippen LogP contribution in [-0.2, 0) is 0 Å². The van der Waals surface area contributed by atoms with Crippen LogP contribution in [0.3, 0.4) is 0 Å². The molecule has 1 heteroatoms. The van der Waals surface area contributed by atoms with Crippen molar-refractivity contribution in [2.24, 2.45) is 5.92 Å². The summed E-state index contributed by atoms with van der Waals surface area (Å²) in [5.74, 6) is 0.547. The fourth-order valence-corrected chi connectivity index (χ4v) is 3.90. The van der Waals surface area contributed by atoms with Crippen molar-refractivity contribution in [3.63, 3.8) is 0 Å². The van der Waals surface area contributed by atoms with Gasteiger partial charge in [-0.2, -0.15) is 4.57 Å². The summed E-state index contributed by atoms with van der Waals surface area (Å²) in [6.07, 6.45) is 3.54. The van der Waals surface area contributed by atoms with Gasteiger partial charge in [0.2, 0.25) is 11.2 Å². The molecule has 0 saturated heterocycles. The highest BCUT2D eigenvalue weighted by atomic mass is 15.0. The highest BCUT2D eigenvalue weighted by Crippen LogP contribution is 2.33. The Labute approximate surface area is 137 Å². The monoisotopic (exact) mass is 300 g/mol. The molecule has 23 heavy (non-hydrogen) atoms. The molecule has 2 aromatic carbocycles. The van der Waals surface area contributed by atoms with E-state index in [1.54, 1.807) is 0 Å². The molecule has 1 aliphatic rings. The summed E-state index contributed by atoms with van der Waals surface area (Å²) in [6.45, 7) is 4.69. The van der Waals surface area contributed by atoms with Crippen molar-refractivity contribution in [1.82, 2.24) is 0 Å². The number of hydrogen-bond donors (Lipinski definition) is 0. The summed E-state index contributed by atoms with van der Waals surface area (Å²) in [5, 5.41) is 1.31. The van der Waals surface area contributed by atoms with E-state index in [9.17, 15) is 0 Å². The summed E-state index contributed by atoms with van der Waals surface area (Å²) in [5.41, 5.74) is 5.42. The third-order valence-corrected chi connectivity index (χ3v) is 4.98. The normalized spacial score (nSPS) is 20.7. The summed E-state index contributed by atoms with van der Waals surface area (Å²) in [7, 11) is 0. The van der Waals surface area contributed by atoms with Gasteiger partial charge in [-0.25, -0.2) is 0 Å². The number of aromatic nitrogens is 1. The van der Waals surface area contributed by atoms with Gasteiger partial charge in [-0.1, -0.05) is 49.4 Å². The lowest BCUT2D eigenvalue weighted by atomic mass is 9.89. The van der Waals surface area contributed by atoms with Crippen molar-refractivity contribution in [2.75, 3.05) is 0 Å². The standard InChI is InChI=1S/C22H22N/c1-16-14-17(2)23-20(13-12-19-10-6-7-11-22(19)23)15-21(16)18-8-4-3-5-9-18/h3-13,15-17H,14H2,1-2H3/q+1. The number of para-hydroxylation sites is 1. The first-order chi connectivity index (χ1) is 11.2. The highest BCUT2D eigenvalue weighted by Gasteiger charge is 2.28. The first-order valence-corrected chi connectivity index (χ1v) is 8.44. The molecule has 0 aliphatic carbocycles. The maximum absolute atomic E-state index is 2.50. The van der Waals surface area contributed by atoms with Crippen LogP contribution < -0.4 is 4.57 Å². The van der Waals surface area contributed by atoms with Crippen molar-refractivity contribution in [3.8, 4) is 0 Å². The third-order valence-electron chi connectivity index (χ3n) is 4.98. The summed E-state index contributed by atoms with van der Waals surface area (Å²) >= 11 is 0. The summed E-state index contributed by atoms with van der Waals surface area (Å²) in [4.78, 5) is 0. The molecule has 0 bridgehead atoms. The Bertz CT molecular complexity index is 877. The Kier molecular flexibility index (Phi) is 3.49. The van der Waals surface area contributed by atoms with Gasteiger partial charge in [-0.15, -0.1) is 0 Å². The third kappa shape index (κ3) is 2.46. The van der Waals surface area contributed by atoms with E-state index >= 15 is 0 Å². The number of hydrogen-bond acceptors (Lipinski definition) is 0. The zero-order valence-corrected chi connectivity index (χ0v) is 13.7. The second-order valence-corrected chi connectivity index (χ2v) is 6.64. The average molecular weight is 300 g/mol. The minimum atomic E-state index is 0.489. The number of nitrogens with zero attached hydrogens (tertiary/aromatic N) is 1. The highest BCUT2D eigenvalue weighted by molar-refractivity contribution is 5.83. The first-order valence-electron chi connectivity index (χ1n) is 8.44. The van der Waals surface area contributed by atoms with Crippen LogP contribution in [0.1, 0.15) is 37.6 Å². The molecule has 1 nitrogen and oxygen atoms in total. The van der Waals surface area contributed by atoms with Crippen LogP contribution in [0.15, 0.2) is 66.7 Å². The lowest BCUT2D eigenvalue weighted by Crippen LogP contribution is -2.41.